The summed E-state index contributed by atoms with van der Waals surface area (Å²) in [6.07, 6.45) is 2.59. The Morgan fingerprint density at radius 3 is 2.81 bits per heavy atom. The summed E-state index contributed by atoms with van der Waals surface area (Å²) >= 11 is 5.91. The standard InChI is InChI=1S/C16H17ClN4/c1-11-8-14-16(18-9-11)21(15(20-14)6-7-17)10-13-5-3-4-12(2)19-13/h3-5,8-9H,6-7,10H2,1-2H3. The summed E-state index contributed by atoms with van der Waals surface area (Å²) < 4.78 is 2.11. The van der Waals surface area contributed by atoms with Crippen molar-refractivity contribution in [2.24, 2.45) is 0 Å². The lowest BCUT2D eigenvalue weighted by molar-refractivity contribution is 0.729. The second kappa shape index (κ2) is 5.82. The Morgan fingerprint density at radius 1 is 1.19 bits per heavy atom. The molecule has 108 valence electrons. The normalized spacial score (nSPS) is 11.2. The van der Waals surface area contributed by atoms with Crippen LogP contribution < -0.4 is 0 Å². The lowest BCUT2D eigenvalue weighted by atomic mass is 10.3. The molecule has 0 saturated carbocycles. The molecule has 3 rings (SSSR count). The monoisotopic (exact) mass is 300 g/mol. The third kappa shape index (κ3) is 2.90. The Hall–Kier alpha value is -1.94. The van der Waals surface area contributed by atoms with E-state index in [1.807, 2.05) is 38.2 Å². The molecule has 0 atom stereocenters. The number of pyridine rings is 2. The van der Waals surface area contributed by atoms with E-state index < -0.39 is 0 Å². The molecule has 0 saturated heterocycles. The Bertz CT molecular complexity index is 779. The van der Waals surface area contributed by atoms with Crippen molar-refractivity contribution in [2.75, 3.05) is 5.88 Å². The molecule has 0 spiro atoms. The lowest BCUT2D eigenvalue weighted by Gasteiger charge is -2.08. The fraction of sp³-hybridized carbons (Fsp3) is 0.312. The molecule has 0 aliphatic rings. The maximum absolute atomic E-state index is 5.91. The molecule has 3 heterocycles. The van der Waals surface area contributed by atoms with Gasteiger partial charge in [-0.2, -0.15) is 0 Å². The van der Waals surface area contributed by atoms with Crippen molar-refractivity contribution in [3.05, 3.63) is 53.2 Å². The SMILES string of the molecule is Cc1cnc2c(c1)nc(CCCl)n2Cc1cccc(C)n1. The number of hydrogen-bond donors (Lipinski definition) is 0. The summed E-state index contributed by atoms with van der Waals surface area (Å²) in [6.45, 7) is 4.69. The topological polar surface area (TPSA) is 43.6 Å². The smallest absolute Gasteiger partial charge is 0.160 e. The second-order valence-electron chi connectivity index (χ2n) is 5.18. The van der Waals surface area contributed by atoms with Crippen LogP contribution in [-0.4, -0.2) is 25.4 Å². The van der Waals surface area contributed by atoms with Crippen molar-refractivity contribution in [1.82, 2.24) is 19.5 Å². The van der Waals surface area contributed by atoms with Gasteiger partial charge in [0.05, 0.1) is 12.2 Å². The van der Waals surface area contributed by atoms with Crippen molar-refractivity contribution in [3.8, 4) is 0 Å². The van der Waals surface area contributed by atoms with Gasteiger partial charge in [-0.25, -0.2) is 9.97 Å². The molecule has 0 aliphatic heterocycles. The van der Waals surface area contributed by atoms with E-state index >= 15 is 0 Å². The number of alkyl halides is 1. The Kier molecular flexibility index (Phi) is 3.88. The zero-order valence-electron chi connectivity index (χ0n) is 12.2. The van der Waals surface area contributed by atoms with Gasteiger partial charge in [0.15, 0.2) is 5.65 Å². The van der Waals surface area contributed by atoms with Crippen molar-refractivity contribution in [2.45, 2.75) is 26.8 Å². The van der Waals surface area contributed by atoms with Crippen molar-refractivity contribution >= 4 is 22.8 Å². The van der Waals surface area contributed by atoms with Crippen LogP contribution in [0.25, 0.3) is 11.2 Å². The molecule has 21 heavy (non-hydrogen) atoms. The van der Waals surface area contributed by atoms with Crippen LogP contribution in [0.15, 0.2) is 30.5 Å². The van der Waals surface area contributed by atoms with E-state index in [4.69, 9.17) is 11.6 Å². The van der Waals surface area contributed by atoms with Gasteiger partial charge >= 0.3 is 0 Å². The van der Waals surface area contributed by atoms with Crippen LogP contribution in [0.5, 0.6) is 0 Å². The Morgan fingerprint density at radius 2 is 2.05 bits per heavy atom. The summed E-state index contributed by atoms with van der Waals surface area (Å²) in [5, 5.41) is 0. The number of imidazole rings is 1. The molecule has 5 heteroatoms. The largest absolute Gasteiger partial charge is 0.307 e. The molecule has 0 amide bonds. The van der Waals surface area contributed by atoms with Gasteiger partial charge in [-0.05, 0) is 37.6 Å². The number of nitrogens with zero attached hydrogens (tertiary/aromatic N) is 4. The highest BCUT2D eigenvalue weighted by atomic mass is 35.5. The molecule has 0 aliphatic carbocycles. The van der Waals surface area contributed by atoms with Gasteiger partial charge < -0.3 is 4.57 Å². The van der Waals surface area contributed by atoms with Gasteiger partial charge in [0.2, 0.25) is 0 Å². The molecule has 0 fully saturated rings. The Balaban J connectivity index is 2.08. The minimum absolute atomic E-state index is 0.545. The van der Waals surface area contributed by atoms with E-state index in [2.05, 4.69) is 25.6 Å². The number of aryl methyl sites for hydroxylation is 3. The van der Waals surface area contributed by atoms with Gasteiger partial charge in [0.1, 0.15) is 11.3 Å². The molecular formula is C16H17ClN4. The van der Waals surface area contributed by atoms with E-state index in [9.17, 15) is 0 Å². The minimum atomic E-state index is 0.545. The molecule has 3 aromatic rings. The number of fused-ring (bicyclic) bond motifs is 1. The van der Waals surface area contributed by atoms with Gasteiger partial charge in [0, 0.05) is 24.2 Å². The van der Waals surface area contributed by atoms with Crippen molar-refractivity contribution < 1.29 is 0 Å². The Labute approximate surface area is 128 Å². The summed E-state index contributed by atoms with van der Waals surface area (Å²) in [4.78, 5) is 13.8. The summed E-state index contributed by atoms with van der Waals surface area (Å²) in [5.41, 5.74) is 4.94. The molecule has 3 aromatic heterocycles. The van der Waals surface area contributed by atoms with E-state index in [-0.39, 0.29) is 0 Å². The number of halogens is 1. The third-order valence-electron chi connectivity index (χ3n) is 3.38. The van der Waals surface area contributed by atoms with Gasteiger partial charge in [-0.1, -0.05) is 6.07 Å². The predicted octanol–water partition coefficient (Wildman–Crippen LogP) is 3.27. The molecule has 0 unspecified atom stereocenters. The average molecular weight is 301 g/mol. The highest BCUT2D eigenvalue weighted by molar-refractivity contribution is 6.17. The quantitative estimate of drug-likeness (QED) is 0.695. The average Bonchev–Trinajstić information content (AvgIpc) is 2.76. The van der Waals surface area contributed by atoms with Crippen molar-refractivity contribution in [1.29, 1.82) is 0 Å². The lowest BCUT2D eigenvalue weighted by Crippen LogP contribution is -2.08. The molecule has 0 aromatic carbocycles. The van der Waals surface area contributed by atoms with Gasteiger partial charge in [-0.15, -0.1) is 11.6 Å². The van der Waals surface area contributed by atoms with Crippen molar-refractivity contribution in [3.63, 3.8) is 0 Å². The van der Waals surface area contributed by atoms with Crippen LogP contribution in [0.4, 0.5) is 0 Å². The highest BCUT2D eigenvalue weighted by Gasteiger charge is 2.12. The first-order valence-corrected chi connectivity index (χ1v) is 7.51. The number of hydrogen-bond acceptors (Lipinski definition) is 3. The number of aromatic nitrogens is 4. The van der Waals surface area contributed by atoms with E-state index in [0.717, 1.165) is 40.4 Å². The van der Waals surface area contributed by atoms with Crippen LogP contribution in [0.3, 0.4) is 0 Å². The van der Waals surface area contributed by atoms with E-state index in [0.29, 0.717) is 12.4 Å². The first kappa shape index (κ1) is 14.0. The van der Waals surface area contributed by atoms with Crippen LogP contribution in [0.2, 0.25) is 0 Å². The summed E-state index contributed by atoms with van der Waals surface area (Å²) in [5.74, 6) is 1.50. The van der Waals surface area contributed by atoms with E-state index in [1.165, 1.54) is 0 Å². The molecule has 0 bridgehead atoms. The zero-order valence-corrected chi connectivity index (χ0v) is 12.9. The van der Waals surface area contributed by atoms with Crippen LogP contribution in [0, 0.1) is 13.8 Å². The second-order valence-corrected chi connectivity index (χ2v) is 5.56. The highest BCUT2D eigenvalue weighted by Crippen LogP contribution is 2.17. The van der Waals surface area contributed by atoms with Gasteiger partial charge in [0.25, 0.3) is 0 Å². The first-order valence-electron chi connectivity index (χ1n) is 6.97. The zero-order chi connectivity index (χ0) is 14.8. The van der Waals surface area contributed by atoms with Crippen LogP contribution in [0.1, 0.15) is 22.8 Å². The van der Waals surface area contributed by atoms with Crippen LogP contribution in [-0.2, 0) is 13.0 Å². The fourth-order valence-corrected chi connectivity index (χ4v) is 2.62. The maximum Gasteiger partial charge on any atom is 0.160 e. The molecule has 0 radical (unpaired) electrons. The molecule has 4 nitrogen and oxygen atoms in total. The fourth-order valence-electron chi connectivity index (χ4n) is 2.45. The summed E-state index contributed by atoms with van der Waals surface area (Å²) in [7, 11) is 0. The maximum atomic E-state index is 5.91. The molecular weight excluding hydrogens is 284 g/mol. The third-order valence-corrected chi connectivity index (χ3v) is 3.57. The van der Waals surface area contributed by atoms with Gasteiger partial charge in [-0.3, -0.25) is 4.98 Å². The molecule has 0 N–H and O–H groups in total. The van der Waals surface area contributed by atoms with E-state index in [1.54, 1.807) is 0 Å². The summed E-state index contributed by atoms with van der Waals surface area (Å²) in [6, 6.07) is 8.10. The first-order chi connectivity index (χ1) is 10.2. The minimum Gasteiger partial charge on any atom is -0.307 e. The number of rotatable bonds is 4. The predicted molar refractivity (Wildman–Crippen MR) is 84.8 cm³/mol. The van der Waals surface area contributed by atoms with Crippen LogP contribution >= 0.6 is 11.6 Å².